The zero-order valence-electron chi connectivity index (χ0n) is 31.5. The van der Waals surface area contributed by atoms with Crippen molar-refractivity contribution in [2.24, 2.45) is 0 Å². The molecule has 0 radical (unpaired) electrons. The quantitative estimate of drug-likeness (QED) is 0.148. The van der Waals surface area contributed by atoms with E-state index in [1.807, 2.05) is 0 Å². The Morgan fingerprint density at radius 2 is 0.870 bits per heavy atom. The maximum Gasteiger partial charge on any atom is 0.0468 e. The van der Waals surface area contributed by atoms with E-state index < -0.39 is 0 Å². The Morgan fingerprint density at radius 1 is 0.426 bits per heavy atom. The average Bonchev–Trinajstić information content (AvgIpc) is 3.46. The van der Waals surface area contributed by atoms with Gasteiger partial charge in [-0.25, -0.2) is 0 Å². The van der Waals surface area contributed by atoms with E-state index in [2.05, 4.69) is 200 Å². The lowest BCUT2D eigenvalue weighted by Crippen LogP contribution is -2.15. The molecule has 7 aromatic carbocycles. The largest absolute Gasteiger partial charge is 0.311 e. The van der Waals surface area contributed by atoms with Crippen LogP contribution in [0, 0.1) is 0 Å². The van der Waals surface area contributed by atoms with E-state index in [9.17, 15) is 0 Å². The van der Waals surface area contributed by atoms with Crippen LogP contribution < -0.4 is 9.80 Å². The minimum atomic E-state index is -0.0157. The Morgan fingerprint density at radius 3 is 1.44 bits per heavy atom. The van der Waals surface area contributed by atoms with Crippen molar-refractivity contribution < 1.29 is 0 Å². The maximum absolute atomic E-state index is 2.44. The van der Waals surface area contributed by atoms with E-state index in [-0.39, 0.29) is 5.41 Å². The van der Waals surface area contributed by atoms with Gasteiger partial charge in [-0.2, -0.15) is 0 Å². The summed E-state index contributed by atoms with van der Waals surface area (Å²) >= 11 is 0. The van der Waals surface area contributed by atoms with Gasteiger partial charge in [-0.1, -0.05) is 136 Å². The van der Waals surface area contributed by atoms with Gasteiger partial charge in [0.05, 0.1) is 0 Å². The second-order valence-corrected chi connectivity index (χ2v) is 15.7. The molecular weight excluding hydrogens is 653 g/mol. The van der Waals surface area contributed by atoms with Crippen molar-refractivity contribution in [2.45, 2.75) is 63.7 Å². The lowest BCUT2D eigenvalue weighted by atomic mass is 9.82. The van der Waals surface area contributed by atoms with Crippen LogP contribution in [0.3, 0.4) is 0 Å². The van der Waals surface area contributed by atoms with Gasteiger partial charge in [0.1, 0.15) is 0 Å². The van der Waals surface area contributed by atoms with Gasteiger partial charge < -0.3 is 9.80 Å². The highest BCUT2D eigenvalue weighted by Gasteiger charge is 2.35. The van der Waals surface area contributed by atoms with Gasteiger partial charge in [-0.3, -0.25) is 0 Å². The molecule has 54 heavy (non-hydrogen) atoms. The van der Waals surface area contributed by atoms with Crippen LogP contribution in [0.1, 0.15) is 79.7 Å². The molecule has 1 fully saturated rings. The molecule has 0 N–H and O–H groups in total. The molecule has 266 valence electrons. The third-order valence-corrected chi connectivity index (χ3v) is 11.9. The number of fused-ring (bicyclic) bond motifs is 3. The van der Waals surface area contributed by atoms with E-state index >= 15 is 0 Å². The van der Waals surface area contributed by atoms with E-state index in [1.165, 1.54) is 88.1 Å². The molecule has 0 unspecified atom stereocenters. The fourth-order valence-electron chi connectivity index (χ4n) is 8.99. The number of hydrogen-bond acceptors (Lipinski definition) is 2. The van der Waals surface area contributed by atoms with Crippen LogP contribution in [0.4, 0.5) is 34.1 Å². The maximum atomic E-state index is 2.44. The van der Waals surface area contributed by atoms with Gasteiger partial charge >= 0.3 is 0 Å². The van der Waals surface area contributed by atoms with Gasteiger partial charge in [0.15, 0.2) is 0 Å². The van der Waals surface area contributed by atoms with Crippen molar-refractivity contribution >= 4 is 34.1 Å². The molecule has 2 heteroatoms. The summed E-state index contributed by atoms with van der Waals surface area (Å²) in [4.78, 5) is 4.76. The Hall–Kier alpha value is -5.86. The molecular formula is C52H48N2. The Kier molecular flexibility index (Phi) is 9.13. The van der Waals surface area contributed by atoms with Crippen LogP contribution in [-0.4, -0.2) is 0 Å². The molecule has 2 nitrogen and oxygen atoms in total. The van der Waals surface area contributed by atoms with Gasteiger partial charge in [-0.15, -0.1) is 0 Å². The number of nitrogens with zero attached hydrogens (tertiary/aromatic N) is 2. The highest BCUT2D eigenvalue weighted by Crippen LogP contribution is 2.50. The highest BCUT2D eigenvalue weighted by atomic mass is 15.1. The van der Waals surface area contributed by atoms with Crippen LogP contribution in [-0.2, 0) is 11.8 Å². The summed E-state index contributed by atoms with van der Waals surface area (Å²) in [5.41, 5.74) is 16.6. The lowest BCUT2D eigenvalue weighted by molar-refractivity contribution is 0.443. The van der Waals surface area contributed by atoms with Crippen molar-refractivity contribution in [1.29, 1.82) is 0 Å². The van der Waals surface area contributed by atoms with Crippen molar-refractivity contribution in [3.8, 4) is 11.1 Å². The van der Waals surface area contributed by atoms with Gasteiger partial charge in [0, 0.05) is 39.5 Å². The lowest BCUT2D eigenvalue weighted by Gasteiger charge is -2.28. The van der Waals surface area contributed by atoms with E-state index in [4.69, 9.17) is 0 Å². The zero-order valence-corrected chi connectivity index (χ0v) is 31.5. The summed E-state index contributed by atoms with van der Waals surface area (Å²) in [6.45, 7) is 4.71. The molecule has 0 spiro atoms. The molecule has 0 saturated heterocycles. The molecule has 9 rings (SSSR count). The predicted molar refractivity (Wildman–Crippen MR) is 228 cm³/mol. The number of rotatable bonds is 9. The molecule has 7 aromatic rings. The molecule has 0 bridgehead atoms. The topological polar surface area (TPSA) is 6.48 Å². The zero-order chi connectivity index (χ0) is 36.5. The SMILES string of the molecule is CC1(C)c2ccccc2-c2cc(N(c3ccc(Cc4ccc(N(c5ccccc5)c5ccccc5)cc4)cc3)c3ccc(C4CCCCC4)cc3)ccc21. The fourth-order valence-corrected chi connectivity index (χ4v) is 8.99. The first kappa shape index (κ1) is 33.9. The normalized spacial score (nSPS) is 14.6. The highest BCUT2D eigenvalue weighted by molar-refractivity contribution is 5.86. The van der Waals surface area contributed by atoms with Crippen LogP contribution in [0.15, 0.2) is 176 Å². The van der Waals surface area contributed by atoms with Gasteiger partial charge in [0.2, 0.25) is 0 Å². The fraction of sp³-hybridized carbons (Fsp3) is 0.192. The molecule has 0 heterocycles. The summed E-state index contributed by atoms with van der Waals surface area (Å²) in [5, 5.41) is 0. The van der Waals surface area contributed by atoms with E-state index in [0.29, 0.717) is 5.92 Å². The number of para-hydroxylation sites is 2. The number of hydrogen-bond donors (Lipinski definition) is 0. The minimum absolute atomic E-state index is 0.0157. The van der Waals surface area contributed by atoms with Crippen molar-refractivity contribution in [1.82, 2.24) is 0 Å². The van der Waals surface area contributed by atoms with Crippen molar-refractivity contribution in [3.05, 3.63) is 204 Å². The van der Waals surface area contributed by atoms with Crippen LogP contribution in [0.2, 0.25) is 0 Å². The smallest absolute Gasteiger partial charge is 0.0468 e. The first-order valence-corrected chi connectivity index (χ1v) is 19.8. The van der Waals surface area contributed by atoms with Crippen LogP contribution in [0.25, 0.3) is 11.1 Å². The van der Waals surface area contributed by atoms with Crippen LogP contribution in [0.5, 0.6) is 0 Å². The summed E-state index contributed by atoms with van der Waals surface area (Å²) in [5.74, 6) is 0.688. The monoisotopic (exact) mass is 700 g/mol. The second-order valence-electron chi connectivity index (χ2n) is 15.7. The van der Waals surface area contributed by atoms with Gasteiger partial charge in [-0.05, 0) is 137 Å². The number of anilines is 6. The third kappa shape index (κ3) is 6.51. The summed E-state index contributed by atoms with van der Waals surface area (Å²) < 4.78 is 0. The molecule has 2 aliphatic carbocycles. The second kappa shape index (κ2) is 14.5. The molecule has 0 amide bonds. The van der Waals surface area contributed by atoms with Gasteiger partial charge in [0.25, 0.3) is 0 Å². The van der Waals surface area contributed by atoms with E-state index in [0.717, 1.165) is 23.5 Å². The molecule has 2 aliphatic rings. The molecule has 0 atom stereocenters. The Balaban J connectivity index is 1.02. The summed E-state index contributed by atoms with van der Waals surface area (Å²) in [6.07, 6.45) is 7.57. The first-order valence-electron chi connectivity index (χ1n) is 19.8. The van der Waals surface area contributed by atoms with Crippen molar-refractivity contribution in [2.75, 3.05) is 9.80 Å². The minimum Gasteiger partial charge on any atom is -0.311 e. The predicted octanol–water partition coefficient (Wildman–Crippen LogP) is 14.6. The summed E-state index contributed by atoms with van der Waals surface area (Å²) in [6, 6.07) is 64.9. The molecule has 0 aromatic heterocycles. The van der Waals surface area contributed by atoms with E-state index in [1.54, 1.807) is 0 Å². The standard InChI is InChI=1S/C52H48N2/c1-52(2)50-21-13-12-20-48(50)49-37-47(34-35-51(49)52)54(46-32-26-41(27-33-46)40-14-6-3-7-15-40)45-30-24-39(25-31-45)36-38-22-28-44(29-23-38)53(42-16-8-4-9-17-42)43-18-10-5-11-19-43/h4-5,8-13,16-35,37,40H,3,6-7,14-15,36H2,1-2H3. The summed E-state index contributed by atoms with van der Waals surface area (Å²) in [7, 11) is 0. The number of benzene rings is 7. The Bertz CT molecular complexity index is 2300. The third-order valence-electron chi connectivity index (χ3n) is 11.9. The average molecular weight is 701 g/mol. The molecule has 1 saturated carbocycles. The first-order chi connectivity index (χ1) is 26.5. The Labute approximate surface area is 321 Å². The molecule has 0 aliphatic heterocycles. The van der Waals surface area contributed by atoms with Crippen molar-refractivity contribution in [3.63, 3.8) is 0 Å². The van der Waals surface area contributed by atoms with Crippen LogP contribution >= 0.6 is 0 Å².